The summed E-state index contributed by atoms with van der Waals surface area (Å²) in [5, 5.41) is 10.9. The molecule has 7 rings (SSSR count). The Hall–Kier alpha value is -2.80. The molecule has 1 N–H and O–H groups in total. The molecule has 7 aliphatic rings. The molecule has 5 aliphatic carbocycles. The van der Waals surface area contributed by atoms with Crippen molar-refractivity contribution < 1.29 is 24.3 Å². The quantitative estimate of drug-likeness (QED) is 0.445. The van der Waals surface area contributed by atoms with Gasteiger partial charge in [-0.25, -0.2) is 0 Å². The molecule has 7 nitrogen and oxygen atoms in total. The Bertz CT molecular complexity index is 1110. The lowest BCUT2D eigenvalue weighted by Crippen LogP contribution is -2.54. The molecule has 0 spiro atoms. The molecule has 2 saturated heterocycles. The number of imide groups is 2. The summed E-state index contributed by atoms with van der Waals surface area (Å²) in [6.45, 7) is 7.76. The van der Waals surface area contributed by atoms with Crippen LogP contribution >= 0.6 is 0 Å². The van der Waals surface area contributed by atoms with Gasteiger partial charge in [0.2, 0.25) is 23.6 Å². The lowest BCUT2D eigenvalue weighted by molar-refractivity contribution is -0.149. The van der Waals surface area contributed by atoms with E-state index < -0.39 is 18.2 Å². The van der Waals surface area contributed by atoms with Crippen molar-refractivity contribution in [1.82, 2.24) is 9.80 Å². The van der Waals surface area contributed by atoms with E-state index in [1.165, 1.54) is 9.80 Å². The lowest BCUT2D eigenvalue weighted by Gasteiger charge is -2.41. The van der Waals surface area contributed by atoms with Gasteiger partial charge in [0.15, 0.2) is 0 Å². The van der Waals surface area contributed by atoms with Crippen molar-refractivity contribution in [2.24, 2.45) is 46.3 Å². The van der Waals surface area contributed by atoms with Crippen LogP contribution in [0.25, 0.3) is 0 Å². The normalized spacial score (nSPS) is 48.9. The van der Waals surface area contributed by atoms with Gasteiger partial charge in [0.25, 0.3) is 0 Å². The summed E-state index contributed by atoms with van der Waals surface area (Å²) in [7, 11) is 0. The van der Waals surface area contributed by atoms with Crippen LogP contribution in [-0.4, -0.2) is 56.7 Å². The summed E-state index contributed by atoms with van der Waals surface area (Å²) in [6, 6.07) is -1.03. The second-order valence-electron chi connectivity index (χ2n) is 12.7. The fourth-order valence-corrected chi connectivity index (χ4v) is 9.70. The van der Waals surface area contributed by atoms with Crippen LogP contribution in [0.15, 0.2) is 49.6 Å². The number of aliphatic hydroxyl groups is 1. The molecule has 5 fully saturated rings. The number of amides is 4. The van der Waals surface area contributed by atoms with E-state index in [2.05, 4.69) is 37.5 Å². The van der Waals surface area contributed by atoms with Crippen LogP contribution in [0.1, 0.15) is 44.9 Å². The van der Waals surface area contributed by atoms with Gasteiger partial charge in [0.1, 0.15) is 0 Å². The number of carbonyl (C=O) groups is 4. The number of rotatable bonds is 6. The van der Waals surface area contributed by atoms with Crippen molar-refractivity contribution in [2.75, 3.05) is 0 Å². The summed E-state index contributed by atoms with van der Waals surface area (Å²) >= 11 is 0. The maximum Gasteiger partial charge on any atom is 0.234 e. The van der Waals surface area contributed by atoms with Crippen LogP contribution in [0.2, 0.25) is 0 Å². The number of carbonyl (C=O) groups excluding carboxylic acids is 4. The van der Waals surface area contributed by atoms with E-state index in [4.69, 9.17) is 0 Å². The third-order valence-electron chi connectivity index (χ3n) is 10.9. The molecule has 4 bridgehead atoms. The van der Waals surface area contributed by atoms with E-state index in [1.54, 1.807) is 0 Å². The number of likely N-dealkylation sites (tertiary alicyclic amines) is 2. The molecule has 10 atom stereocenters. The summed E-state index contributed by atoms with van der Waals surface area (Å²) in [6.07, 6.45) is 15.1. The van der Waals surface area contributed by atoms with E-state index in [0.29, 0.717) is 19.3 Å². The predicted molar refractivity (Wildman–Crippen MR) is 134 cm³/mol. The first-order chi connectivity index (χ1) is 17.7. The maximum absolute atomic E-state index is 13.8. The Labute approximate surface area is 216 Å². The Morgan fingerprint density at radius 3 is 1.59 bits per heavy atom. The Kier molecular flexibility index (Phi) is 4.81. The number of fused-ring (bicyclic) bond motifs is 10. The summed E-state index contributed by atoms with van der Waals surface area (Å²) < 4.78 is 0. The van der Waals surface area contributed by atoms with Crippen LogP contribution in [-0.2, 0) is 19.2 Å². The van der Waals surface area contributed by atoms with Crippen molar-refractivity contribution in [1.29, 1.82) is 0 Å². The minimum Gasteiger partial charge on any atom is -0.393 e. The molecular formula is C30H34N2O5. The Morgan fingerprint density at radius 1 is 0.757 bits per heavy atom. The van der Waals surface area contributed by atoms with Gasteiger partial charge >= 0.3 is 0 Å². The van der Waals surface area contributed by atoms with Crippen LogP contribution in [0.3, 0.4) is 0 Å². The molecule has 3 saturated carbocycles. The smallest absolute Gasteiger partial charge is 0.234 e. The van der Waals surface area contributed by atoms with Crippen LogP contribution < -0.4 is 0 Å². The summed E-state index contributed by atoms with van der Waals surface area (Å²) in [5.74, 6) is -2.01. The Balaban J connectivity index is 1.16. The molecule has 2 aliphatic heterocycles. The van der Waals surface area contributed by atoms with Gasteiger partial charge in [-0.05, 0) is 56.8 Å². The number of hydrogen-bond acceptors (Lipinski definition) is 5. The first-order valence-corrected chi connectivity index (χ1v) is 13.8. The predicted octanol–water partition coefficient (Wildman–Crippen LogP) is 2.78. The highest BCUT2D eigenvalue weighted by Crippen LogP contribution is 2.63. The van der Waals surface area contributed by atoms with E-state index in [-0.39, 0.29) is 82.8 Å². The topological polar surface area (TPSA) is 95.0 Å². The first-order valence-electron chi connectivity index (χ1n) is 13.8. The van der Waals surface area contributed by atoms with Crippen molar-refractivity contribution in [3.8, 4) is 0 Å². The number of allylic oxidation sites excluding steroid dienone is 6. The van der Waals surface area contributed by atoms with E-state index >= 15 is 0 Å². The highest BCUT2D eigenvalue weighted by atomic mass is 16.3. The SMILES string of the molecule is C=CCC12C=CC(C1)C1C(=O)N(C3CC(O)CC(N4C(=O)C5C6C=CC(CC=C)(C6)C5C4=O)C3)C(=O)C12. The van der Waals surface area contributed by atoms with Gasteiger partial charge in [0.05, 0.1) is 29.8 Å². The largest absolute Gasteiger partial charge is 0.393 e. The highest BCUT2D eigenvalue weighted by molar-refractivity contribution is 6.08. The Morgan fingerprint density at radius 2 is 1.19 bits per heavy atom. The van der Waals surface area contributed by atoms with Gasteiger partial charge in [-0.2, -0.15) is 0 Å². The van der Waals surface area contributed by atoms with Crippen molar-refractivity contribution in [3.63, 3.8) is 0 Å². The number of nitrogens with zero attached hydrogens (tertiary/aromatic N) is 2. The standard InChI is InChI=1S/C30H34N2O5/c1-3-7-29-9-5-16(14-29)21-23(29)27(36)31(25(21)34)18-11-19(13-20(33)12-18)32-26(35)22-17-6-10-30(15-17,8-4-2)24(22)28(32)37/h3-6,9-10,16-24,33H,1-2,7-8,11-15H2. The minimum atomic E-state index is -0.792. The van der Waals surface area contributed by atoms with Gasteiger partial charge in [-0.3, -0.25) is 29.0 Å². The van der Waals surface area contributed by atoms with Gasteiger partial charge in [0, 0.05) is 22.9 Å². The molecule has 0 aromatic heterocycles. The average molecular weight is 503 g/mol. The molecule has 4 amide bonds. The maximum atomic E-state index is 13.8. The third kappa shape index (κ3) is 2.81. The molecule has 2 heterocycles. The number of aliphatic hydroxyl groups excluding tert-OH is 1. The van der Waals surface area contributed by atoms with E-state index in [0.717, 1.165) is 12.8 Å². The highest BCUT2D eigenvalue weighted by Gasteiger charge is 2.68. The van der Waals surface area contributed by atoms with Gasteiger partial charge in [-0.15, -0.1) is 13.2 Å². The van der Waals surface area contributed by atoms with Gasteiger partial charge in [-0.1, -0.05) is 36.5 Å². The molecule has 7 heteroatoms. The molecule has 37 heavy (non-hydrogen) atoms. The molecule has 194 valence electrons. The molecule has 10 unspecified atom stereocenters. The van der Waals surface area contributed by atoms with E-state index in [9.17, 15) is 24.3 Å². The molecule has 0 aromatic rings. The monoisotopic (exact) mass is 502 g/mol. The van der Waals surface area contributed by atoms with Crippen molar-refractivity contribution in [3.05, 3.63) is 49.6 Å². The summed E-state index contributed by atoms with van der Waals surface area (Å²) in [4.78, 5) is 57.7. The van der Waals surface area contributed by atoms with Crippen LogP contribution in [0.4, 0.5) is 0 Å². The molecule has 0 radical (unpaired) electrons. The molecule has 0 aromatic carbocycles. The third-order valence-corrected chi connectivity index (χ3v) is 10.9. The zero-order valence-corrected chi connectivity index (χ0v) is 21.0. The minimum absolute atomic E-state index is 0.0563. The first kappa shape index (κ1) is 23.3. The van der Waals surface area contributed by atoms with E-state index in [1.807, 2.05) is 12.2 Å². The van der Waals surface area contributed by atoms with Crippen LogP contribution in [0.5, 0.6) is 0 Å². The van der Waals surface area contributed by atoms with Crippen molar-refractivity contribution >= 4 is 23.6 Å². The van der Waals surface area contributed by atoms with Crippen molar-refractivity contribution in [2.45, 2.75) is 63.1 Å². The zero-order valence-electron chi connectivity index (χ0n) is 21.0. The summed E-state index contributed by atoms with van der Waals surface area (Å²) in [5.41, 5.74) is -0.704. The second kappa shape index (κ2) is 7.62. The second-order valence-corrected chi connectivity index (χ2v) is 12.7. The fourth-order valence-electron chi connectivity index (χ4n) is 9.70. The van der Waals surface area contributed by atoms with Gasteiger partial charge < -0.3 is 5.11 Å². The molecular weight excluding hydrogens is 468 g/mol. The van der Waals surface area contributed by atoms with Crippen LogP contribution in [0, 0.1) is 46.3 Å². The average Bonchev–Trinajstić information content (AvgIpc) is 3.66. The lowest BCUT2D eigenvalue weighted by atomic mass is 9.72. The zero-order chi connectivity index (χ0) is 25.9. The number of hydrogen-bond donors (Lipinski definition) is 1. The fraction of sp³-hybridized carbons (Fsp3) is 0.600.